The summed E-state index contributed by atoms with van der Waals surface area (Å²) in [6.45, 7) is 14.8. The Kier molecular flexibility index (Phi) is 6.07. The lowest BCUT2D eigenvalue weighted by atomic mass is 9.99. The summed E-state index contributed by atoms with van der Waals surface area (Å²) in [6.07, 6.45) is 0.937. The monoisotopic (exact) mass is 278 g/mol. The SMILES string of the molecule is CCC(C)c1ccc(OC(OC(C)(C)C)C(C)C)cc1. The maximum Gasteiger partial charge on any atom is 0.202 e. The Balaban J connectivity index is 2.74. The molecule has 0 aromatic heterocycles. The molecule has 114 valence electrons. The van der Waals surface area contributed by atoms with Gasteiger partial charge in [0, 0.05) is 5.92 Å². The number of benzene rings is 1. The molecular formula is C18H30O2. The fourth-order valence-electron chi connectivity index (χ4n) is 1.89. The minimum absolute atomic E-state index is 0.203. The van der Waals surface area contributed by atoms with Gasteiger partial charge in [0.05, 0.1) is 5.60 Å². The third-order valence-corrected chi connectivity index (χ3v) is 3.33. The molecule has 0 aliphatic heterocycles. The van der Waals surface area contributed by atoms with Gasteiger partial charge >= 0.3 is 0 Å². The third-order valence-electron chi connectivity index (χ3n) is 3.33. The van der Waals surface area contributed by atoms with E-state index in [9.17, 15) is 0 Å². The van der Waals surface area contributed by atoms with E-state index in [0.29, 0.717) is 11.8 Å². The van der Waals surface area contributed by atoms with E-state index in [1.54, 1.807) is 0 Å². The Morgan fingerprint density at radius 3 is 1.95 bits per heavy atom. The van der Waals surface area contributed by atoms with Crippen molar-refractivity contribution in [3.63, 3.8) is 0 Å². The Hall–Kier alpha value is -1.02. The fraction of sp³-hybridized carbons (Fsp3) is 0.667. The molecule has 0 bridgehead atoms. The molecule has 0 radical (unpaired) electrons. The molecule has 2 unspecified atom stereocenters. The molecule has 0 saturated heterocycles. The van der Waals surface area contributed by atoms with Crippen LogP contribution >= 0.6 is 0 Å². The first-order valence-electron chi connectivity index (χ1n) is 7.67. The molecule has 0 aliphatic rings. The highest BCUT2D eigenvalue weighted by Crippen LogP contribution is 2.24. The van der Waals surface area contributed by atoms with Crippen LogP contribution in [-0.4, -0.2) is 11.9 Å². The molecule has 0 aliphatic carbocycles. The number of hydrogen-bond donors (Lipinski definition) is 0. The van der Waals surface area contributed by atoms with Gasteiger partial charge in [0.2, 0.25) is 6.29 Å². The smallest absolute Gasteiger partial charge is 0.202 e. The average molecular weight is 278 g/mol. The van der Waals surface area contributed by atoms with Gasteiger partial charge in [0.1, 0.15) is 5.75 Å². The third kappa shape index (κ3) is 5.54. The van der Waals surface area contributed by atoms with Crippen molar-refractivity contribution in [2.24, 2.45) is 5.92 Å². The second-order valence-electron chi connectivity index (χ2n) is 6.84. The summed E-state index contributed by atoms with van der Waals surface area (Å²) in [4.78, 5) is 0. The Morgan fingerprint density at radius 2 is 1.55 bits per heavy atom. The van der Waals surface area contributed by atoms with Gasteiger partial charge in [-0.25, -0.2) is 0 Å². The van der Waals surface area contributed by atoms with E-state index in [4.69, 9.17) is 9.47 Å². The standard InChI is InChI=1S/C18H30O2/c1-8-14(4)15-9-11-16(12-10-15)19-17(13(2)3)20-18(5,6)7/h9-14,17H,8H2,1-7H3. The highest BCUT2D eigenvalue weighted by atomic mass is 16.7. The van der Waals surface area contributed by atoms with Crippen molar-refractivity contribution in [1.29, 1.82) is 0 Å². The van der Waals surface area contributed by atoms with Crippen molar-refractivity contribution in [3.8, 4) is 5.75 Å². The number of ether oxygens (including phenoxy) is 2. The topological polar surface area (TPSA) is 18.5 Å². The maximum atomic E-state index is 6.00. The normalized spacial score (nSPS) is 15.2. The summed E-state index contributed by atoms with van der Waals surface area (Å²) >= 11 is 0. The largest absolute Gasteiger partial charge is 0.465 e. The summed E-state index contributed by atoms with van der Waals surface area (Å²) in [5, 5.41) is 0. The van der Waals surface area contributed by atoms with Crippen molar-refractivity contribution >= 4 is 0 Å². The molecule has 1 aromatic rings. The summed E-state index contributed by atoms with van der Waals surface area (Å²) in [7, 11) is 0. The molecule has 0 spiro atoms. The Morgan fingerprint density at radius 1 is 1.00 bits per heavy atom. The van der Waals surface area contributed by atoms with E-state index in [1.165, 1.54) is 5.56 Å². The van der Waals surface area contributed by atoms with Gasteiger partial charge in [0.15, 0.2) is 0 Å². The molecule has 2 nitrogen and oxygen atoms in total. The second kappa shape index (κ2) is 7.12. The lowest BCUT2D eigenvalue weighted by molar-refractivity contribution is -0.171. The highest BCUT2D eigenvalue weighted by Gasteiger charge is 2.23. The summed E-state index contributed by atoms with van der Waals surface area (Å²) in [5.41, 5.74) is 1.16. The van der Waals surface area contributed by atoms with Crippen LogP contribution in [0, 0.1) is 5.92 Å². The molecule has 0 amide bonds. The molecule has 20 heavy (non-hydrogen) atoms. The van der Waals surface area contributed by atoms with Gasteiger partial charge in [-0.05, 0) is 50.8 Å². The lowest BCUT2D eigenvalue weighted by Gasteiger charge is -2.30. The molecule has 2 atom stereocenters. The molecule has 0 heterocycles. The molecule has 0 saturated carbocycles. The van der Waals surface area contributed by atoms with E-state index < -0.39 is 0 Å². The maximum absolute atomic E-state index is 6.00. The van der Waals surface area contributed by atoms with Crippen molar-refractivity contribution in [2.75, 3.05) is 0 Å². The first-order chi connectivity index (χ1) is 9.23. The minimum atomic E-state index is -0.218. The first kappa shape index (κ1) is 17.0. The second-order valence-corrected chi connectivity index (χ2v) is 6.84. The van der Waals surface area contributed by atoms with E-state index in [0.717, 1.165) is 12.2 Å². The number of hydrogen-bond acceptors (Lipinski definition) is 2. The van der Waals surface area contributed by atoms with Crippen molar-refractivity contribution < 1.29 is 9.47 Å². The lowest BCUT2D eigenvalue weighted by Crippen LogP contribution is -2.35. The van der Waals surface area contributed by atoms with Gasteiger partial charge in [-0.15, -0.1) is 0 Å². The summed E-state index contributed by atoms with van der Waals surface area (Å²) < 4.78 is 12.0. The van der Waals surface area contributed by atoms with Gasteiger partial charge in [-0.2, -0.15) is 0 Å². The van der Waals surface area contributed by atoms with Gasteiger partial charge < -0.3 is 9.47 Å². The zero-order valence-corrected chi connectivity index (χ0v) is 14.1. The first-order valence-corrected chi connectivity index (χ1v) is 7.67. The van der Waals surface area contributed by atoms with E-state index in [1.807, 2.05) is 12.1 Å². The van der Waals surface area contributed by atoms with Crippen molar-refractivity contribution in [3.05, 3.63) is 29.8 Å². The van der Waals surface area contributed by atoms with E-state index in [-0.39, 0.29) is 11.9 Å². The summed E-state index contributed by atoms with van der Waals surface area (Å²) in [5.74, 6) is 1.78. The van der Waals surface area contributed by atoms with E-state index in [2.05, 4.69) is 60.6 Å². The van der Waals surface area contributed by atoms with Crippen LogP contribution in [-0.2, 0) is 4.74 Å². The van der Waals surface area contributed by atoms with Crippen molar-refractivity contribution in [1.82, 2.24) is 0 Å². The fourth-order valence-corrected chi connectivity index (χ4v) is 1.89. The van der Waals surface area contributed by atoms with Crippen molar-refractivity contribution in [2.45, 2.75) is 72.7 Å². The van der Waals surface area contributed by atoms with Crippen LogP contribution in [0.3, 0.4) is 0 Å². The molecule has 0 fully saturated rings. The van der Waals surface area contributed by atoms with Gasteiger partial charge in [0.25, 0.3) is 0 Å². The van der Waals surface area contributed by atoms with Crippen LogP contribution in [0.25, 0.3) is 0 Å². The van der Waals surface area contributed by atoms with Crippen LogP contribution in [0.15, 0.2) is 24.3 Å². The van der Waals surface area contributed by atoms with Crippen LogP contribution in [0.4, 0.5) is 0 Å². The average Bonchev–Trinajstić information content (AvgIpc) is 2.36. The highest BCUT2D eigenvalue weighted by molar-refractivity contribution is 5.29. The Bertz CT molecular complexity index is 387. The van der Waals surface area contributed by atoms with E-state index >= 15 is 0 Å². The van der Waals surface area contributed by atoms with Crippen LogP contribution in [0.2, 0.25) is 0 Å². The predicted molar refractivity (Wildman–Crippen MR) is 85.2 cm³/mol. The van der Waals surface area contributed by atoms with Gasteiger partial charge in [-0.3, -0.25) is 0 Å². The molecule has 0 N–H and O–H groups in total. The number of rotatable bonds is 6. The minimum Gasteiger partial charge on any atom is -0.465 e. The quantitative estimate of drug-likeness (QED) is 0.651. The molecule has 2 heteroatoms. The summed E-state index contributed by atoms with van der Waals surface area (Å²) in [6, 6.07) is 8.39. The predicted octanol–water partition coefficient (Wildman–Crippen LogP) is 5.38. The zero-order valence-electron chi connectivity index (χ0n) is 14.1. The molecule has 1 rings (SSSR count). The molecular weight excluding hydrogens is 248 g/mol. The van der Waals surface area contributed by atoms with Gasteiger partial charge in [-0.1, -0.05) is 39.8 Å². The van der Waals surface area contributed by atoms with Crippen LogP contribution < -0.4 is 4.74 Å². The van der Waals surface area contributed by atoms with Crippen LogP contribution in [0.1, 0.15) is 66.4 Å². The molecule has 1 aromatic carbocycles. The Labute approximate surface area is 124 Å². The zero-order chi connectivity index (χ0) is 15.3. The van der Waals surface area contributed by atoms with Crippen LogP contribution in [0.5, 0.6) is 5.75 Å².